The highest BCUT2D eigenvalue weighted by Crippen LogP contribution is 2.32. The highest BCUT2D eigenvalue weighted by molar-refractivity contribution is 7.22. The van der Waals surface area contributed by atoms with Crippen LogP contribution in [0.2, 0.25) is 0 Å². The molecule has 0 saturated carbocycles. The van der Waals surface area contributed by atoms with Crippen LogP contribution in [0.4, 0.5) is 5.13 Å². The highest BCUT2D eigenvalue weighted by atomic mass is 32.1. The number of rotatable bonds is 4. The van der Waals surface area contributed by atoms with Gasteiger partial charge in [-0.2, -0.15) is 0 Å². The van der Waals surface area contributed by atoms with Crippen LogP contribution in [0, 0.1) is 0 Å². The molecule has 1 amide bonds. The molecule has 0 aliphatic rings. The Kier molecular flexibility index (Phi) is 4.30. The summed E-state index contributed by atoms with van der Waals surface area (Å²) in [4.78, 5) is 22.5. The summed E-state index contributed by atoms with van der Waals surface area (Å²) >= 11 is 1.44. The van der Waals surface area contributed by atoms with Gasteiger partial charge in [-0.3, -0.25) is 4.79 Å². The van der Waals surface area contributed by atoms with E-state index in [1.807, 2.05) is 48.5 Å². The van der Waals surface area contributed by atoms with Crippen LogP contribution in [-0.2, 0) is 4.79 Å². The summed E-state index contributed by atoms with van der Waals surface area (Å²) in [5.41, 5.74) is 1.92. The Labute approximate surface area is 139 Å². The summed E-state index contributed by atoms with van der Waals surface area (Å²) in [6, 6.07) is 15.5. The summed E-state index contributed by atoms with van der Waals surface area (Å²) < 4.78 is 1.02. The number of amides is 1. The van der Waals surface area contributed by atoms with Gasteiger partial charge in [0.1, 0.15) is 0 Å². The number of fused-ring (bicyclic) bond motifs is 1. The fourth-order valence-electron chi connectivity index (χ4n) is 2.32. The molecule has 3 aromatic rings. The van der Waals surface area contributed by atoms with E-state index in [-0.39, 0.29) is 5.91 Å². The Balaban J connectivity index is 1.98. The second-order valence-electron chi connectivity index (χ2n) is 5.56. The van der Waals surface area contributed by atoms with Crippen molar-refractivity contribution in [1.29, 1.82) is 0 Å². The average molecular weight is 326 g/mol. The lowest BCUT2D eigenvalue weighted by atomic mass is 10.0. The number of carbonyl (C=O) groups is 1. The van der Waals surface area contributed by atoms with Gasteiger partial charge in [0.05, 0.1) is 10.2 Å². The van der Waals surface area contributed by atoms with Gasteiger partial charge in [0, 0.05) is 12.5 Å². The molecule has 0 bridgehead atoms. The topological polar surface area (TPSA) is 42.4 Å². The molecule has 23 heavy (non-hydrogen) atoms. The van der Waals surface area contributed by atoms with Gasteiger partial charge in [-0.1, -0.05) is 55.5 Å². The maximum absolute atomic E-state index is 12.1. The van der Waals surface area contributed by atoms with Gasteiger partial charge in [-0.15, -0.1) is 5.06 Å². The first-order valence-corrected chi connectivity index (χ1v) is 8.31. The van der Waals surface area contributed by atoms with Crippen LogP contribution >= 0.6 is 11.3 Å². The fourth-order valence-corrected chi connectivity index (χ4v) is 3.28. The minimum Gasteiger partial charge on any atom is -0.369 e. The van der Waals surface area contributed by atoms with Crippen molar-refractivity contribution in [2.24, 2.45) is 0 Å². The van der Waals surface area contributed by atoms with Crippen molar-refractivity contribution in [3.8, 4) is 5.75 Å². The summed E-state index contributed by atoms with van der Waals surface area (Å²) in [5, 5.41) is 1.81. The molecule has 1 heterocycles. The van der Waals surface area contributed by atoms with E-state index in [0.717, 1.165) is 15.8 Å². The van der Waals surface area contributed by atoms with E-state index in [1.54, 1.807) is 0 Å². The van der Waals surface area contributed by atoms with Crippen LogP contribution < -0.4 is 9.90 Å². The molecule has 0 spiro atoms. The number of hydroxylamine groups is 1. The quantitative estimate of drug-likeness (QED) is 0.649. The van der Waals surface area contributed by atoms with Crippen molar-refractivity contribution in [3.63, 3.8) is 0 Å². The largest absolute Gasteiger partial charge is 0.369 e. The molecule has 0 atom stereocenters. The van der Waals surface area contributed by atoms with E-state index in [4.69, 9.17) is 4.84 Å². The van der Waals surface area contributed by atoms with E-state index in [1.165, 1.54) is 23.3 Å². The molecule has 0 radical (unpaired) electrons. The third-order valence-electron chi connectivity index (χ3n) is 3.47. The Bertz CT molecular complexity index is 809. The molecule has 0 N–H and O–H groups in total. The predicted octanol–water partition coefficient (Wildman–Crippen LogP) is 4.77. The Morgan fingerprint density at radius 3 is 2.52 bits per heavy atom. The molecule has 2 aromatic carbocycles. The normalized spacial score (nSPS) is 11.0. The van der Waals surface area contributed by atoms with E-state index < -0.39 is 0 Å². The zero-order valence-electron chi connectivity index (χ0n) is 13.3. The van der Waals surface area contributed by atoms with E-state index in [9.17, 15) is 4.79 Å². The van der Waals surface area contributed by atoms with Crippen molar-refractivity contribution < 1.29 is 9.63 Å². The molecule has 0 fully saturated rings. The minimum atomic E-state index is -0.206. The smallest absolute Gasteiger partial charge is 0.259 e. The van der Waals surface area contributed by atoms with Crippen molar-refractivity contribution in [2.75, 3.05) is 5.06 Å². The third-order valence-corrected chi connectivity index (χ3v) is 4.48. The first-order valence-electron chi connectivity index (χ1n) is 7.49. The standard InChI is InChI=1S/C18H18N2O2S/c1-12(2)14-8-4-6-10-16(14)22-20(13(3)21)18-19-15-9-5-7-11-17(15)23-18/h4-12H,1-3H3. The van der Waals surface area contributed by atoms with Crippen molar-refractivity contribution in [1.82, 2.24) is 4.98 Å². The highest BCUT2D eigenvalue weighted by Gasteiger charge is 2.20. The molecule has 4 nitrogen and oxygen atoms in total. The molecular formula is C18H18N2O2S. The second-order valence-corrected chi connectivity index (χ2v) is 6.57. The molecule has 118 valence electrons. The van der Waals surface area contributed by atoms with Crippen LogP contribution in [0.25, 0.3) is 10.2 Å². The Morgan fingerprint density at radius 1 is 1.13 bits per heavy atom. The van der Waals surface area contributed by atoms with Crippen LogP contribution in [0.5, 0.6) is 5.75 Å². The Morgan fingerprint density at radius 2 is 1.83 bits per heavy atom. The lowest BCUT2D eigenvalue weighted by Gasteiger charge is -2.20. The van der Waals surface area contributed by atoms with Crippen molar-refractivity contribution >= 4 is 32.6 Å². The average Bonchev–Trinajstić information content (AvgIpc) is 2.96. The number of aromatic nitrogens is 1. The first-order chi connectivity index (χ1) is 11.1. The number of anilines is 1. The Hall–Kier alpha value is -2.40. The first kappa shape index (κ1) is 15.5. The maximum Gasteiger partial charge on any atom is 0.259 e. The van der Waals surface area contributed by atoms with Gasteiger partial charge in [0.15, 0.2) is 5.75 Å². The van der Waals surface area contributed by atoms with E-state index in [0.29, 0.717) is 16.8 Å². The van der Waals surface area contributed by atoms with Crippen molar-refractivity contribution in [2.45, 2.75) is 26.7 Å². The monoisotopic (exact) mass is 326 g/mol. The molecule has 3 rings (SSSR count). The molecule has 1 aromatic heterocycles. The summed E-state index contributed by atoms with van der Waals surface area (Å²) in [5.74, 6) is 0.773. The zero-order chi connectivity index (χ0) is 16.4. The maximum atomic E-state index is 12.1. The van der Waals surface area contributed by atoms with Crippen molar-refractivity contribution in [3.05, 3.63) is 54.1 Å². The number of hydrogen-bond acceptors (Lipinski definition) is 4. The predicted molar refractivity (Wildman–Crippen MR) is 93.9 cm³/mol. The lowest BCUT2D eigenvalue weighted by Crippen LogP contribution is -2.32. The number of thiazole rings is 1. The lowest BCUT2D eigenvalue weighted by molar-refractivity contribution is -0.120. The van der Waals surface area contributed by atoms with Crippen LogP contribution in [0.3, 0.4) is 0 Å². The second kappa shape index (κ2) is 6.38. The molecule has 5 heteroatoms. The number of carbonyl (C=O) groups excluding carboxylic acids is 1. The summed E-state index contributed by atoms with van der Waals surface area (Å²) in [6.07, 6.45) is 0. The molecular weight excluding hydrogens is 308 g/mol. The number of benzene rings is 2. The molecule has 0 unspecified atom stereocenters. The molecule has 0 saturated heterocycles. The van der Waals surface area contributed by atoms with Gasteiger partial charge in [0.25, 0.3) is 5.91 Å². The summed E-state index contributed by atoms with van der Waals surface area (Å²) in [6.45, 7) is 5.67. The van der Waals surface area contributed by atoms with E-state index in [2.05, 4.69) is 18.8 Å². The van der Waals surface area contributed by atoms with Gasteiger partial charge >= 0.3 is 0 Å². The summed E-state index contributed by atoms with van der Waals surface area (Å²) in [7, 11) is 0. The minimum absolute atomic E-state index is 0.206. The zero-order valence-corrected chi connectivity index (χ0v) is 14.1. The number of para-hydroxylation sites is 2. The van der Waals surface area contributed by atoms with Crippen LogP contribution in [-0.4, -0.2) is 10.9 Å². The third kappa shape index (κ3) is 3.19. The molecule has 0 aliphatic carbocycles. The fraction of sp³-hybridized carbons (Fsp3) is 0.222. The van der Waals surface area contributed by atoms with Crippen LogP contribution in [0.15, 0.2) is 48.5 Å². The van der Waals surface area contributed by atoms with Gasteiger partial charge in [-0.25, -0.2) is 4.98 Å². The number of nitrogens with zero attached hydrogens (tertiary/aromatic N) is 2. The SMILES string of the molecule is CC(=O)N(Oc1ccccc1C(C)C)c1nc2ccccc2s1. The molecule has 0 aliphatic heterocycles. The van der Waals surface area contributed by atoms with Gasteiger partial charge in [-0.05, 0) is 24.1 Å². The van der Waals surface area contributed by atoms with Gasteiger partial charge < -0.3 is 4.84 Å². The van der Waals surface area contributed by atoms with E-state index >= 15 is 0 Å². The van der Waals surface area contributed by atoms with Crippen LogP contribution in [0.1, 0.15) is 32.3 Å². The van der Waals surface area contributed by atoms with Gasteiger partial charge in [0.2, 0.25) is 5.13 Å². The number of hydrogen-bond donors (Lipinski definition) is 0.